The second kappa shape index (κ2) is 4.33. The van der Waals surface area contributed by atoms with Crippen LogP contribution in [0, 0.1) is 0 Å². The highest BCUT2D eigenvalue weighted by molar-refractivity contribution is 6.21. The molecule has 0 fully saturated rings. The average molecular weight is 288 g/mol. The molecule has 0 atom stereocenters. The van der Waals surface area contributed by atoms with Crippen LogP contribution in [0.15, 0.2) is 30.0 Å². The van der Waals surface area contributed by atoms with Gasteiger partial charge in [0.2, 0.25) is 0 Å². The molecule has 6 nitrogen and oxygen atoms in total. The van der Waals surface area contributed by atoms with Crippen LogP contribution in [0.3, 0.4) is 0 Å². The Labute approximate surface area is 122 Å². The Morgan fingerprint density at radius 1 is 1.19 bits per heavy atom. The van der Waals surface area contributed by atoms with Crippen molar-refractivity contribution in [1.82, 2.24) is 4.90 Å². The molecular formula is C15H16N2O4. The van der Waals surface area contributed by atoms with Crippen molar-refractivity contribution in [3.63, 3.8) is 0 Å². The van der Waals surface area contributed by atoms with Gasteiger partial charge in [-0.15, -0.1) is 0 Å². The Bertz CT molecular complexity index is 678. The molecule has 0 aromatic heterocycles. The number of aliphatic hydroxyl groups is 1. The summed E-state index contributed by atoms with van der Waals surface area (Å²) in [6, 6.07) is 4.95. The van der Waals surface area contributed by atoms with E-state index in [9.17, 15) is 14.7 Å². The van der Waals surface area contributed by atoms with Crippen molar-refractivity contribution in [2.75, 3.05) is 18.7 Å². The van der Waals surface area contributed by atoms with Gasteiger partial charge in [-0.1, -0.05) is 0 Å². The molecule has 6 heteroatoms. The number of carbonyl (C=O) groups is 2. The Morgan fingerprint density at radius 3 is 2.57 bits per heavy atom. The lowest BCUT2D eigenvalue weighted by Crippen LogP contribution is -2.48. The minimum Gasteiger partial charge on any atom is -0.510 e. The molecule has 0 unspecified atom stereocenters. The van der Waals surface area contributed by atoms with Gasteiger partial charge in [0.05, 0.1) is 23.4 Å². The third-order valence-corrected chi connectivity index (χ3v) is 3.92. The quantitative estimate of drug-likeness (QED) is 0.799. The number of hydroxylamine groups is 1. The molecule has 1 aromatic rings. The number of rotatable bonds is 1. The number of hydrogen-bond donors (Lipinski definition) is 1. The number of anilines is 1. The summed E-state index contributed by atoms with van der Waals surface area (Å²) in [6.07, 6.45) is 1.60. The summed E-state index contributed by atoms with van der Waals surface area (Å²) in [4.78, 5) is 30.6. The highest BCUT2D eigenvalue weighted by Gasteiger charge is 2.38. The fourth-order valence-electron chi connectivity index (χ4n) is 2.58. The van der Waals surface area contributed by atoms with Gasteiger partial charge in [-0.05, 0) is 38.1 Å². The SMILES string of the molecule is CN1C(=O)c2ccc(N3OCC=C(O)C3(C)C)cc2C1=O. The molecule has 0 saturated heterocycles. The number of nitrogens with zero attached hydrogens (tertiary/aromatic N) is 2. The van der Waals surface area contributed by atoms with E-state index in [1.54, 1.807) is 29.3 Å². The van der Waals surface area contributed by atoms with Gasteiger partial charge in [0, 0.05) is 7.05 Å². The first kappa shape index (κ1) is 13.6. The van der Waals surface area contributed by atoms with Gasteiger partial charge in [-0.25, -0.2) is 5.06 Å². The zero-order chi connectivity index (χ0) is 15.4. The third-order valence-electron chi connectivity index (χ3n) is 3.92. The van der Waals surface area contributed by atoms with Crippen LogP contribution in [0.4, 0.5) is 5.69 Å². The van der Waals surface area contributed by atoms with Crippen LogP contribution in [0.1, 0.15) is 34.6 Å². The van der Waals surface area contributed by atoms with Crippen LogP contribution < -0.4 is 5.06 Å². The predicted molar refractivity (Wildman–Crippen MR) is 76.1 cm³/mol. The molecular weight excluding hydrogens is 272 g/mol. The largest absolute Gasteiger partial charge is 0.510 e. The van der Waals surface area contributed by atoms with Gasteiger partial charge in [0.1, 0.15) is 11.3 Å². The van der Waals surface area contributed by atoms with Crippen molar-refractivity contribution >= 4 is 17.5 Å². The summed E-state index contributed by atoms with van der Waals surface area (Å²) in [5, 5.41) is 11.6. The molecule has 0 bridgehead atoms. The van der Waals surface area contributed by atoms with Crippen molar-refractivity contribution in [3.05, 3.63) is 41.2 Å². The van der Waals surface area contributed by atoms with E-state index < -0.39 is 5.54 Å². The topological polar surface area (TPSA) is 70.1 Å². The maximum atomic E-state index is 12.1. The number of imide groups is 1. The van der Waals surface area contributed by atoms with E-state index in [0.717, 1.165) is 4.90 Å². The summed E-state index contributed by atoms with van der Waals surface area (Å²) >= 11 is 0. The van der Waals surface area contributed by atoms with Gasteiger partial charge in [0.25, 0.3) is 11.8 Å². The molecule has 2 aliphatic heterocycles. The lowest BCUT2D eigenvalue weighted by atomic mass is 9.99. The highest BCUT2D eigenvalue weighted by Crippen LogP contribution is 2.34. The summed E-state index contributed by atoms with van der Waals surface area (Å²) in [5.41, 5.74) is 0.619. The van der Waals surface area contributed by atoms with Crippen molar-refractivity contribution in [1.29, 1.82) is 0 Å². The van der Waals surface area contributed by atoms with E-state index in [4.69, 9.17) is 4.84 Å². The van der Waals surface area contributed by atoms with Gasteiger partial charge in [0.15, 0.2) is 0 Å². The smallest absolute Gasteiger partial charge is 0.261 e. The molecule has 2 aliphatic rings. The van der Waals surface area contributed by atoms with Crippen LogP contribution in [-0.4, -0.2) is 41.0 Å². The second-order valence-corrected chi connectivity index (χ2v) is 5.64. The summed E-state index contributed by atoms with van der Waals surface area (Å²) in [5.74, 6) is -0.427. The first-order valence-corrected chi connectivity index (χ1v) is 6.63. The normalized spacial score (nSPS) is 20.6. The Hall–Kier alpha value is -2.34. The lowest BCUT2D eigenvalue weighted by molar-refractivity contribution is 0.0566. The molecule has 0 radical (unpaired) electrons. The highest BCUT2D eigenvalue weighted by atomic mass is 16.7. The maximum Gasteiger partial charge on any atom is 0.261 e. The van der Waals surface area contributed by atoms with Crippen LogP contribution >= 0.6 is 0 Å². The first-order valence-electron chi connectivity index (χ1n) is 6.63. The standard InChI is InChI=1S/C15H16N2O4/c1-15(2)12(18)6-7-21-17(15)9-4-5-10-11(8-9)14(20)16(3)13(10)19/h4-6,8,18H,7H2,1-3H3. The van der Waals surface area contributed by atoms with E-state index >= 15 is 0 Å². The molecule has 1 N–H and O–H groups in total. The van der Waals surface area contributed by atoms with Crippen molar-refractivity contribution in [2.45, 2.75) is 19.4 Å². The van der Waals surface area contributed by atoms with E-state index in [1.807, 2.05) is 13.8 Å². The number of hydrogen-bond acceptors (Lipinski definition) is 5. The Balaban J connectivity index is 2.05. The van der Waals surface area contributed by atoms with Crippen LogP contribution in [-0.2, 0) is 4.84 Å². The van der Waals surface area contributed by atoms with Crippen LogP contribution in [0.25, 0.3) is 0 Å². The monoisotopic (exact) mass is 288 g/mol. The molecule has 21 heavy (non-hydrogen) atoms. The van der Waals surface area contributed by atoms with Crippen molar-refractivity contribution in [3.8, 4) is 0 Å². The van der Waals surface area contributed by atoms with Crippen LogP contribution in [0.5, 0.6) is 0 Å². The number of fused-ring (bicyclic) bond motifs is 1. The first-order chi connectivity index (χ1) is 9.84. The maximum absolute atomic E-state index is 12.1. The number of benzene rings is 1. The number of aliphatic hydroxyl groups excluding tert-OH is 1. The summed E-state index contributed by atoms with van der Waals surface area (Å²) < 4.78 is 0. The van der Waals surface area contributed by atoms with Gasteiger partial charge in [-0.3, -0.25) is 19.3 Å². The second-order valence-electron chi connectivity index (χ2n) is 5.64. The zero-order valence-corrected chi connectivity index (χ0v) is 12.1. The summed E-state index contributed by atoms with van der Waals surface area (Å²) in [7, 11) is 1.46. The lowest BCUT2D eigenvalue weighted by Gasteiger charge is -2.40. The minimum absolute atomic E-state index is 0.203. The zero-order valence-electron chi connectivity index (χ0n) is 12.1. The molecule has 0 spiro atoms. The third kappa shape index (κ3) is 1.83. The molecule has 2 amide bonds. The Morgan fingerprint density at radius 2 is 1.86 bits per heavy atom. The number of carbonyl (C=O) groups excluding carboxylic acids is 2. The Kier molecular flexibility index (Phi) is 2.81. The minimum atomic E-state index is -0.746. The molecule has 3 rings (SSSR count). The summed E-state index contributed by atoms with van der Waals surface area (Å²) in [6.45, 7) is 3.87. The van der Waals surface area contributed by atoms with E-state index in [-0.39, 0.29) is 24.2 Å². The van der Waals surface area contributed by atoms with E-state index in [1.165, 1.54) is 7.05 Å². The fourth-order valence-corrected chi connectivity index (χ4v) is 2.58. The van der Waals surface area contributed by atoms with Gasteiger partial charge in [-0.2, -0.15) is 0 Å². The molecule has 1 aromatic carbocycles. The predicted octanol–water partition coefficient (Wildman–Crippen LogP) is 1.88. The molecule has 0 saturated carbocycles. The molecule has 110 valence electrons. The van der Waals surface area contributed by atoms with Gasteiger partial charge >= 0.3 is 0 Å². The van der Waals surface area contributed by atoms with Crippen LogP contribution in [0.2, 0.25) is 0 Å². The van der Waals surface area contributed by atoms with Crippen molar-refractivity contribution < 1.29 is 19.5 Å². The molecule has 0 aliphatic carbocycles. The fraction of sp³-hybridized carbons (Fsp3) is 0.333. The van der Waals surface area contributed by atoms with Crippen molar-refractivity contribution in [2.24, 2.45) is 0 Å². The molecule has 2 heterocycles. The van der Waals surface area contributed by atoms with E-state index in [2.05, 4.69) is 0 Å². The van der Waals surface area contributed by atoms with E-state index in [0.29, 0.717) is 16.8 Å². The van der Waals surface area contributed by atoms with Gasteiger partial charge < -0.3 is 5.11 Å². The average Bonchev–Trinajstić information content (AvgIpc) is 2.66. The number of amides is 2.